The quantitative estimate of drug-likeness (QED) is 0.818. The Hall–Kier alpha value is -2.29. The zero-order valence-corrected chi connectivity index (χ0v) is 9.08. The van der Waals surface area contributed by atoms with Crippen LogP contribution in [0.15, 0.2) is 59.9 Å². The molecule has 86 valence electrons. The van der Waals surface area contributed by atoms with E-state index >= 15 is 0 Å². The van der Waals surface area contributed by atoms with Gasteiger partial charge < -0.3 is 10.2 Å². The van der Waals surface area contributed by atoms with Gasteiger partial charge in [-0.25, -0.2) is 0 Å². The van der Waals surface area contributed by atoms with Gasteiger partial charge in [0.05, 0.1) is 0 Å². The molecular formula is C14H12O3. The maximum atomic E-state index is 11.1. The molecule has 0 radical (unpaired) electrons. The second-order valence-electron chi connectivity index (χ2n) is 3.80. The molecule has 0 heterocycles. The molecule has 0 aromatic heterocycles. The van der Waals surface area contributed by atoms with Crippen LogP contribution in [-0.4, -0.2) is 16.2 Å². The molecule has 0 aliphatic heterocycles. The molecule has 0 spiro atoms. The Morgan fingerprint density at radius 2 is 1.94 bits per heavy atom. The molecule has 0 fully saturated rings. The molecule has 1 aliphatic rings. The van der Waals surface area contributed by atoms with Crippen molar-refractivity contribution in [2.24, 2.45) is 5.92 Å². The van der Waals surface area contributed by atoms with E-state index in [1.165, 1.54) is 18.2 Å². The third kappa shape index (κ3) is 2.64. The Bertz CT molecular complexity index is 510. The molecular weight excluding hydrogens is 216 g/mol. The summed E-state index contributed by atoms with van der Waals surface area (Å²) in [6.45, 7) is 0. The lowest BCUT2D eigenvalue weighted by molar-refractivity contribution is -0.138. The Kier molecular flexibility index (Phi) is 3.10. The minimum Gasteiger partial charge on any atom is -0.508 e. The third-order valence-corrected chi connectivity index (χ3v) is 2.53. The van der Waals surface area contributed by atoms with Gasteiger partial charge in [-0.2, -0.15) is 0 Å². The van der Waals surface area contributed by atoms with E-state index in [1.807, 2.05) is 30.3 Å². The topological polar surface area (TPSA) is 57.5 Å². The Morgan fingerprint density at radius 3 is 2.59 bits per heavy atom. The first-order valence-electron chi connectivity index (χ1n) is 5.25. The maximum Gasteiger partial charge on any atom is 0.314 e. The molecule has 0 amide bonds. The molecule has 1 unspecified atom stereocenters. The van der Waals surface area contributed by atoms with Gasteiger partial charge >= 0.3 is 5.97 Å². The van der Waals surface area contributed by atoms with Gasteiger partial charge in [0.25, 0.3) is 0 Å². The number of aliphatic hydroxyl groups is 1. The first kappa shape index (κ1) is 11.2. The second-order valence-corrected chi connectivity index (χ2v) is 3.80. The fourth-order valence-corrected chi connectivity index (χ4v) is 1.71. The van der Waals surface area contributed by atoms with Crippen LogP contribution in [0.5, 0.6) is 0 Å². The zero-order chi connectivity index (χ0) is 12.3. The molecule has 3 nitrogen and oxygen atoms in total. The summed E-state index contributed by atoms with van der Waals surface area (Å²) in [4.78, 5) is 11.1. The lowest BCUT2D eigenvalue weighted by Gasteiger charge is -2.13. The van der Waals surface area contributed by atoms with Crippen LogP contribution >= 0.6 is 0 Å². The highest BCUT2D eigenvalue weighted by molar-refractivity contribution is 5.80. The van der Waals surface area contributed by atoms with Gasteiger partial charge in [-0.05, 0) is 23.3 Å². The minimum atomic E-state index is -0.924. The molecule has 0 bridgehead atoms. The van der Waals surface area contributed by atoms with Crippen molar-refractivity contribution in [3.05, 3.63) is 65.5 Å². The van der Waals surface area contributed by atoms with Crippen molar-refractivity contribution in [2.45, 2.75) is 0 Å². The number of aliphatic carboxylic acids is 1. The van der Waals surface area contributed by atoms with E-state index in [4.69, 9.17) is 5.11 Å². The van der Waals surface area contributed by atoms with Crippen LogP contribution in [-0.2, 0) is 4.79 Å². The molecule has 1 aromatic rings. The van der Waals surface area contributed by atoms with Gasteiger partial charge in [-0.15, -0.1) is 0 Å². The summed E-state index contributed by atoms with van der Waals surface area (Å²) >= 11 is 0. The highest BCUT2D eigenvalue weighted by atomic mass is 16.4. The van der Waals surface area contributed by atoms with Crippen LogP contribution in [0.1, 0.15) is 5.56 Å². The minimum absolute atomic E-state index is 0.0738. The number of allylic oxidation sites excluding steroid dienone is 2. The molecule has 2 N–H and O–H groups in total. The van der Waals surface area contributed by atoms with Gasteiger partial charge in [0.2, 0.25) is 0 Å². The van der Waals surface area contributed by atoms with Crippen LogP contribution in [0, 0.1) is 5.92 Å². The van der Waals surface area contributed by atoms with Crippen molar-refractivity contribution in [1.82, 2.24) is 0 Å². The van der Waals surface area contributed by atoms with Gasteiger partial charge in [-0.3, -0.25) is 4.79 Å². The summed E-state index contributed by atoms with van der Waals surface area (Å²) in [5, 5.41) is 18.5. The van der Waals surface area contributed by atoms with Gasteiger partial charge in [0.1, 0.15) is 11.7 Å². The normalized spacial score (nSPS) is 21.3. The Labute approximate surface area is 99.0 Å². The molecule has 17 heavy (non-hydrogen) atoms. The average Bonchev–Trinajstić information content (AvgIpc) is 2.30. The Morgan fingerprint density at radius 1 is 1.24 bits per heavy atom. The molecule has 3 heteroatoms. The first-order chi connectivity index (χ1) is 8.16. The molecule has 1 aromatic carbocycles. The highest BCUT2D eigenvalue weighted by Gasteiger charge is 2.21. The van der Waals surface area contributed by atoms with E-state index in [9.17, 15) is 9.90 Å². The summed E-state index contributed by atoms with van der Waals surface area (Å²) in [6.07, 6.45) is 6.12. The van der Waals surface area contributed by atoms with Gasteiger partial charge in [-0.1, -0.05) is 42.5 Å². The monoisotopic (exact) mass is 228 g/mol. The van der Waals surface area contributed by atoms with Gasteiger partial charge in [0.15, 0.2) is 0 Å². The van der Waals surface area contributed by atoms with Crippen molar-refractivity contribution in [3.63, 3.8) is 0 Å². The molecule has 2 rings (SSSR count). The summed E-state index contributed by atoms with van der Waals surface area (Å²) < 4.78 is 0. The number of aliphatic hydroxyl groups excluding tert-OH is 1. The van der Waals surface area contributed by atoms with Crippen molar-refractivity contribution >= 4 is 12.0 Å². The molecule has 0 saturated heterocycles. The number of benzene rings is 1. The lowest BCUT2D eigenvalue weighted by Crippen LogP contribution is -2.15. The molecule has 0 saturated carbocycles. The highest BCUT2D eigenvalue weighted by Crippen LogP contribution is 2.24. The third-order valence-electron chi connectivity index (χ3n) is 2.53. The van der Waals surface area contributed by atoms with Crippen LogP contribution in [0.25, 0.3) is 6.08 Å². The van der Waals surface area contributed by atoms with Crippen molar-refractivity contribution in [1.29, 1.82) is 0 Å². The van der Waals surface area contributed by atoms with E-state index in [-0.39, 0.29) is 5.76 Å². The lowest BCUT2D eigenvalue weighted by atomic mass is 9.92. The summed E-state index contributed by atoms with van der Waals surface area (Å²) in [5.41, 5.74) is 1.48. The number of carboxylic acid groups (broad SMARTS) is 1. The van der Waals surface area contributed by atoms with Crippen LogP contribution in [0.2, 0.25) is 0 Å². The summed E-state index contributed by atoms with van der Waals surface area (Å²) in [6, 6.07) is 9.42. The van der Waals surface area contributed by atoms with Crippen molar-refractivity contribution in [2.75, 3.05) is 0 Å². The smallest absolute Gasteiger partial charge is 0.314 e. The van der Waals surface area contributed by atoms with Gasteiger partial charge in [0, 0.05) is 0 Å². The first-order valence-corrected chi connectivity index (χ1v) is 5.25. The summed E-state index contributed by atoms with van der Waals surface area (Å²) in [7, 11) is 0. The number of hydrogen-bond donors (Lipinski definition) is 2. The molecule has 1 aliphatic carbocycles. The average molecular weight is 228 g/mol. The second kappa shape index (κ2) is 4.70. The number of carboxylic acids is 1. The van der Waals surface area contributed by atoms with Crippen LogP contribution < -0.4 is 0 Å². The largest absolute Gasteiger partial charge is 0.508 e. The fourth-order valence-electron chi connectivity index (χ4n) is 1.71. The number of hydrogen-bond acceptors (Lipinski definition) is 2. The van der Waals surface area contributed by atoms with E-state index in [2.05, 4.69) is 0 Å². The van der Waals surface area contributed by atoms with E-state index in [0.29, 0.717) is 5.57 Å². The zero-order valence-electron chi connectivity index (χ0n) is 9.08. The number of carbonyl (C=O) groups is 1. The maximum absolute atomic E-state index is 11.1. The predicted molar refractivity (Wildman–Crippen MR) is 65.4 cm³/mol. The summed E-state index contributed by atoms with van der Waals surface area (Å²) in [5.74, 6) is -1.55. The van der Waals surface area contributed by atoms with E-state index in [0.717, 1.165) is 5.56 Å². The SMILES string of the molecule is O=C(O)C1C=CC(O)=CC1=Cc1ccccc1. The van der Waals surface area contributed by atoms with Crippen LogP contribution in [0.3, 0.4) is 0 Å². The van der Waals surface area contributed by atoms with Crippen molar-refractivity contribution < 1.29 is 15.0 Å². The van der Waals surface area contributed by atoms with Crippen molar-refractivity contribution in [3.8, 4) is 0 Å². The molecule has 1 atom stereocenters. The Balaban J connectivity index is 2.38. The fraction of sp³-hybridized carbons (Fsp3) is 0.0714. The van der Waals surface area contributed by atoms with E-state index < -0.39 is 11.9 Å². The van der Waals surface area contributed by atoms with E-state index in [1.54, 1.807) is 6.08 Å². The van der Waals surface area contributed by atoms with Crippen LogP contribution in [0.4, 0.5) is 0 Å². The number of rotatable bonds is 2. The predicted octanol–water partition coefficient (Wildman–Crippen LogP) is 2.78. The standard InChI is InChI=1S/C14H12O3/c15-12-6-7-13(14(16)17)11(9-12)8-10-4-2-1-3-5-10/h1-9,13,15H,(H,16,17).